The van der Waals surface area contributed by atoms with Gasteiger partial charge in [-0.05, 0) is 35.4 Å². The molecule has 0 aliphatic rings. The van der Waals surface area contributed by atoms with Crippen molar-refractivity contribution in [3.05, 3.63) is 10.2 Å². The predicted octanol–water partition coefficient (Wildman–Crippen LogP) is 1.73. The molecule has 0 aromatic heterocycles. The maximum absolute atomic E-state index is 4.77. The Morgan fingerprint density at radius 3 is 2.00 bits per heavy atom. The highest BCUT2D eigenvalue weighted by atomic mass is 79.9. The summed E-state index contributed by atoms with van der Waals surface area (Å²) in [4.78, 5) is 0. The zero-order valence-corrected chi connectivity index (χ0v) is 5.95. The summed E-state index contributed by atoms with van der Waals surface area (Å²) in [5.41, 5.74) is 1.03. The fourth-order valence-corrected chi connectivity index (χ4v) is 0.118. The van der Waals surface area contributed by atoms with Crippen molar-refractivity contribution in [2.75, 3.05) is 0 Å². The van der Waals surface area contributed by atoms with Gasteiger partial charge in [-0.2, -0.15) is 0 Å². The number of rotatable bonds is 1. The average Bonchev–Trinajstić information content (AvgIpc) is 1.65. The minimum atomic E-state index is 0.604. The van der Waals surface area contributed by atoms with E-state index in [9.17, 15) is 0 Å². The number of hydrogen-bond acceptors (Lipinski definition) is 1. The molecule has 0 aliphatic heterocycles. The Hall–Kier alpha value is 0.0849. The van der Waals surface area contributed by atoms with Crippen molar-refractivity contribution in [2.45, 2.75) is 13.8 Å². The highest BCUT2D eigenvalue weighted by Crippen LogP contribution is 2.09. The van der Waals surface area contributed by atoms with Crippen molar-refractivity contribution in [2.24, 2.45) is 0 Å². The molecule has 0 aromatic carbocycles. The van der Waals surface area contributed by atoms with Crippen molar-refractivity contribution >= 4 is 24.0 Å². The van der Waals surface area contributed by atoms with E-state index in [1.807, 2.05) is 13.8 Å². The van der Waals surface area contributed by atoms with Crippen LogP contribution in [-0.4, -0.2) is 8.05 Å². The highest BCUT2D eigenvalue weighted by Gasteiger charge is 1.86. The monoisotopic (exact) mass is 160 g/mol. The van der Waals surface area contributed by atoms with Crippen molar-refractivity contribution in [3.8, 4) is 0 Å². The largest absolute Gasteiger partial charge is 0.563 e. The van der Waals surface area contributed by atoms with Crippen LogP contribution in [-0.2, 0) is 4.65 Å². The van der Waals surface area contributed by atoms with E-state index in [0.29, 0.717) is 4.67 Å². The molecule has 0 amide bonds. The number of allylic oxidation sites excluding steroid dienone is 1. The molecule has 0 atom stereocenters. The summed E-state index contributed by atoms with van der Waals surface area (Å²) in [6, 6.07) is 0. The smallest absolute Gasteiger partial charge is 0.374 e. The van der Waals surface area contributed by atoms with E-state index < -0.39 is 0 Å². The van der Waals surface area contributed by atoms with Gasteiger partial charge in [0.25, 0.3) is 0 Å². The highest BCUT2D eigenvalue weighted by molar-refractivity contribution is 9.11. The van der Waals surface area contributed by atoms with Crippen LogP contribution >= 0.6 is 15.9 Å². The number of halogens is 1. The first-order valence-corrected chi connectivity index (χ1v) is 2.67. The Balaban J connectivity index is 3.72. The molecule has 0 saturated carbocycles. The zero-order chi connectivity index (χ0) is 5.86. The molecule has 0 N–H and O–H groups in total. The molecule has 1 nitrogen and oxygen atoms in total. The molecule has 3 heteroatoms. The number of hydrogen-bond donors (Lipinski definition) is 0. The summed E-state index contributed by atoms with van der Waals surface area (Å²) < 4.78 is 4.91. The van der Waals surface area contributed by atoms with Crippen molar-refractivity contribution < 1.29 is 4.65 Å². The Morgan fingerprint density at radius 2 is 2.00 bits per heavy atom. The van der Waals surface area contributed by atoms with Gasteiger partial charge in [0.1, 0.15) is 4.67 Å². The van der Waals surface area contributed by atoms with Crippen LogP contribution in [0.25, 0.3) is 0 Å². The van der Waals surface area contributed by atoms with Gasteiger partial charge >= 0.3 is 8.05 Å². The molecule has 0 unspecified atom stereocenters. The zero-order valence-electron chi connectivity index (χ0n) is 4.36. The first-order chi connectivity index (χ1) is 3.18. The second-order valence-corrected chi connectivity index (χ2v) is 2.11. The molecule has 7 heavy (non-hydrogen) atoms. The molecule has 0 fully saturated rings. The van der Waals surface area contributed by atoms with Crippen LogP contribution in [0.2, 0.25) is 0 Å². The van der Waals surface area contributed by atoms with E-state index >= 15 is 0 Å². The van der Waals surface area contributed by atoms with Crippen molar-refractivity contribution in [1.29, 1.82) is 0 Å². The van der Waals surface area contributed by atoms with E-state index in [4.69, 9.17) is 8.05 Å². The lowest BCUT2D eigenvalue weighted by Crippen LogP contribution is -1.78. The third-order valence-corrected chi connectivity index (χ3v) is 1.48. The minimum absolute atomic E-state index is 0.604. The quantitative estimate of drug-likeness (QED) is 0.420. The molecule has 0 saturated heterocycles. The van der Waals surface area contributed by atoms with Crippen LogP contribution < -0.4 is 0 Å². The molecule has 0 bridgehead atoms. The topological polar surface area (TPSA) is 9.23 Å². The third kappa shape index (κ3) is 2.74. The van der Waals surface area contributed by atoms with Gasteiger partial charge in [0.2, 0.25) is 0 Å². The summed E-state index contributed by atoms with van der Waals surface area (Å²) in [6.07, 6.45) is 0. The van der Waals surface area contributed by atoms with Crippen molar-refractivity contribution in [1.82, 2.24) is 0 Å². The van der Waals surface area contributed by atoms with Gasteiger partial charge in [0, 0.05) is 0 Å². The molecule has 38 valence electrons. The van der Waals surface area contributed by atoms with E-state index in [-0.39, 0.29) is 0 Å². The lowest BCUT2D eigenvalue weighted by molar-refractivity contribution is 0.514. The fourth-order valence-electron chi connectivity index (χ4n) is 0.118. The molecule has 0 aromatic rings. The molecular weight excluding hydrogens is 155 g/mol. The normalized spacial score (nSPS) is 7.86. The van der Waals surface area contributed by atoms with Crippen LogP contribution in [0.4, 0.5) is 0 Å². The Bertz CT molecular complexity index is 85.7. The minimum Gasteiger partial charge on any atom is -0.563 e. The molecule has 0 heterocycles. The second-order valence-electron chi connectivity index (χ2n) is 1.39. The third-order valence-electron chi connectivity index (χ3n) is 0.497. The second kappa shape index (κ2) is 3.13. The van der Waals surface area contributed by atoms with Crippen LogP contribution in [0, 0.1) is 0 Å². The van der Waals surface area contributed by atoms with Gasteiger partial charge in [-0.25, -0.2) is 0 Å². The molecular formula is C4H6BBrO. The lowest BCUT2D eigenvalue weighted by Gasteiger charge is -1.96. The van der Waals surface area contributed by atoms with E-state index in [0.717, 1.165) is 5.57 Å². The SMILES string of the molecule is [B]OC(Br)=C(C)C. The van der Waals surface area contributed by atoms with E-state index in [1.54, 1.807) is 0 Å². The van der Waals surface area contributed by atoms with E-state index in [2.05, 4.69) is 20.6 Å². The van der Waals surface area contributed by atoms with Gasteiger partial charge in [-0.3, -0.25) is 0 Å². The van der Waals surface area contributed by atoms with E-state index in [1.165, 1.54) is 0 Å². The lowest BCUT2D eigenvalue weighted by atomic mass is 10.4. The Labute approximate surface area is 53.3 Å². The fraction of sp³-hybridized carbons (Fsp3) is 0.500. The summed E-state index contributed by atoms with van der Waals surface area (Å²) >= 11 is 3.07. The predicted molar refractivity (Wildman–Crippen MR) is 34.1 cm³/mol. The van der Waals surface area contributed by atoms with Gasteiger partial charge in [-0.15, -0.1) is 0 Å². The summed E-state index contributed by atoms with van der Waals surface area (Å²) in [5.74, 6) is 0. The summed E-state index contributed by atoms with van der Waals surface area (Å²) in [7, 11) is 4.77. The van der Waals surface area contributed by atoms with Crippen LogP contribution in [0.3, 0.4) is 0 Å². The summed E-state index contributed by atoms with van der Waals surface area (Å²) in [5, 5.41) is 0. The molecule has 0 aliphatic carbocycles. The van der Waals surface area contributed by atoms with Crippen LogP contribution in [0.5, 0.6) is 0 Å². The Morgan fingerprint density at radius 1 is 1.57 bits per heavy atom. The molecule has 2 radical (unpaired) electrons. The standard InChI is InChI=1S/C4H6BBrO/c1-3(2)4(6)7-5/h1-2H3. The first kappa shape index (κ1) is 7.08. The van der Waals surface area contributed by atoms with Crippen molar-refractivity contribution in [3.63, 3.8) is 0 Å². The van der Waals surface area contributed by atoms with Gasteiger partial charge in [0.05, 0.1) is 0 Å². The maximum atomic E-state index is 4.77. The van der Waals surface area contributed by atoms with Gasteiger partial charge in [0.15, 0.2) is 0 Å². The van der Waals surface area contributed by atoms with Gasteiger partial charge in [-0.1, -0.05) is 0 Å². The van der Waals surface area contributed by atoms with Gasteiger partial charge < -0.3 is 4.65 Å². The molecule has 0 spiro atoms. The van der Waals surface area contributed by atoms with Crippen LogP contribution in [0.1, 0.15) is 13.8 Å². The average molecular weight is 161 g/mol. The molecule has 0 rings (SSSR count). The summed E-state index contributed by atoms with van der Waals surface area (Å²) in [6.45, 7) is 3.80. The van der Waals surface area contributed by atoms with Crippen LogP contribution in [0.15, 0.2) is 10.2 Å². The maximum Gasteiger partial charge on any atom is 0.374 e. The Kier molecular flexibility index (Phi) is 3.17. The first-order valence-electron chi connectivity index (χ1n) is 1.88.